The Bertz CT molecular complexity index is 542. The van der Waals surface area contributed by atoms with Gasteiger partial charge in [-0.2, -0.15) is 0 Å². The summed E-state index contributed by atoms with van der Waals surface area (Å²) >= 11 is 5.30. The number of unbranched alkanes of at least 4 members (excludes halogenated alkanes) is 3. The second-order valence-corrected chi connectivity index (χ2v) is 4.97. The highest BCUT2D eigenvalue weighted by Crippen LogP contribution is 2.16. The summed E-state index contributed by atoms with van der Waals surface area (Å²) in [7, 11) is 0. The molecule has 90 valence electrons. The van der Waals surface area contributed by atoms with Gasteiger partial charge in [0.2, 0.25) is 0 Å². The van der Waals surface area contributed by atoms with E-state index in [2.05, 4.69) is 30.1 Å². The van der Waals surface area contributed by atoms with Gasteiger partial charge < -0.3 is 4.98 Å². The molecule has 0 saturated heterocycles. The lowest BCUT2D eigenvalue weighted by molar-refractivity contribution is 0.667. The van der Waals surface area contributed by atoms with Gasteiger partial charge in [0.05, 0.1) is 0 Å². The number of rotatable bonds is 5. The Morgan fingerprint density at radius 3 is 2.82 bits per heavy atom. The van der Waals surface area contributed by atoms with E-state index in [1.807, 2.05) is 12.3 Å². The molecule has 0 fully saturated rings. The topological polar surface area (TPSA) is 15.8 Å². The van der Waals surface area contributed by atoms with E-state index in [9.17, 15) is 0 Å². The first-order chi connectivity index (χ1) is 8.31. The van der Waals surface area contributed by atoms with Crippen LogP contribution in [0.3, 0.4) is 0 Å². The fourth-order valence-corrected chi connectivity index (χ4v) is 2.38. The normalized spacial score (nSPS) is 10.9. The van der Waals surface area contributed by atoms with Crippen LogP contribution in [0.5, 0.6) is 0 Å². The molecular formula is C15H19NS. The minimum Gasteiger partial charge on any atom is -0.361 e. The van der Waals surface area contributed by atoms with Crippen LogP contribution in [0, 0.1) is 4.51 Å². The summed E-state index contributed by atoms with van der Waals surface area (Å²) in [5.41, 5.74) is 2.57. The molecule has 0 atom stereocenters. The molecule has 0 amide bonds. The van der Waals surface area contributed by atoms with E-state index in [1.54, 1.807) is 0 Å². The summed E-state index contributed by atoms with van der Waals surface area (Å²) in [5.74, 6) is 0. The Hall–Kier alpha value is -1.15. The van der Waals surface area contributed by atoms with Gasteiger partial charge in [-0.25, -0.2) is 0 Å². The molecule has 2 rings (SSSR count). The lowest BCUT2D eigenvalue weighted by Crippen LogP contribution is -1.87. The van der Waals surface area contributed by atoms with Crippen molar-refractivity contribution < 1.29 is 0 Å². The minimum atomic E-state index is 0.927. The highest BCUT2D eigenvalue weighted by molar-refractivity contribution is 7.71. The standard InChI is InChI=1S/C15H19NS/c1-2-3-4-5-6-12-7-8-13-14(11-12)16-10-9-15(13)17/h7-11H,2-6H2,1H3,(H,16,17). The molecule has 2 heteroatoms. The van der Waals surface area contributed by atoms with E-state index in [-0.39, 0.29) is 0 Å². The van der Waals surface area contributed by atoms with E-state index in [1.165, 1.54) is 37.7 Å². The molecular weight excluding hydrogens is 226 g/mol. The molecule has 1 aromatic heterocycles. The van der Waals surface area contributed by atoms with Crippen molar-refractivity contribution in [3.63, 3.8) is 0 Å². The minimum absolute atomic E-state index is 0.927. The van der Waals surface area contributed by atoms with Crippen LogP contribution < -0.4 is 0 Å². The van der Waals surface area contributed by atoms with Crippen molar-refractivity contribution in [2.75, 3.05) is 0 Å². The van der Waals surface area contributed by atoms with Gasteiger partial charge in [0.1, 0.15) is 0 Å². The van der Waals surface area contributed by atoms with Gasteiger partial charge in [0.15, 0.2) is 0 Å². The van der Waals surface area contributed by atoms with Crippen LogP contribution in [0.4, 0.5) is 0 Å². The third kappa shape index (κ3) is 3.16. The molecule has 1 aromatic carbocycles. The fraction of sp³-hybridized carbons (Fsp3) is 0.400. The number of benzene rings is 1. The molecule has 0 aliphatic rings. The Morgan fingerprint density at radius 2 is 2.00 bits per heavy atom. The molecule has 0 radical (unpaired) electrons. The monoisotopic (exact) mass is 245 g/mol. The summed E-state index contributed by atoms with van der Waals surface area (Å²) < 4.78 is 0.927. The van der Waals surface area contributed by atoms with Crippen molar-refractivity contribution in [2.45, 2.75) is 39.0 Å². The number of pyridine rings is 1. The highest BCUT2D eigenvalue weighted by Gasteiger charge is 1.98. The average molecular weight is 245 g/mol. The van der Waals surface area contributed by atoms with Crippen molar-refractivity contribution in [1.82, 2.24) is 4.98 Å². The molecule has 2 aromatic rings. The molecule has 0 unspecified atom stereocenters. The van der Waals surface area contributed by atoms with Gasteiger partial charge in [0, 0.05) is 21.6 Å². The summed E-state index contributed by atoms with van der Waals surface area (Å²) in [6, 6.07) is 8.52. The van der Waals surface area contributed by atoms with E-state index in [0.717, 1.165) is 15.4 Å². The number of aromatic nitrogens is 1. The fourth-order valence-electron chi connectivity index (χ4n) is 2.13. The lowest BCUT2D eigenvalue weighted by atomic mass is 10.0. The number of fused-ring (bicyclic) bond motifs is 1. The largest absolute Gasteiger partial charge is 0.361 e. The molecule has 1 nitrogen and oxygen atoms in total. The van der Waals surface area contributed by atoms with Crippen molar-refractivity contribution >= 4 is 23.1 Å². The van der Waals surface area contributed by atoms with Gasteiger partial charge >= 0.3 is 0 Å². The van der Waals surface area contributed by atoms with Crippen LogP contribution in [0.25, 0.3) is 10.9 Å². The summed E-state index contributed by atoms with van der Waals surface area (Å²) in [5, 5.41) is 1.15. The first kappa shape index (κ1) is 12.3. The van der Waals surface area contributed by atoms with Gasteiger partial charge in [0.25, 0.3) is 0 Å². The molecule has 17 heavy (non-hydrogen) atoms. The van der Waals surface area contributed by atoms with E-state index in [4.69, 9.17) is 12.2 Å². The van der Waals surface area contributed by atoms with Crippen LogP contribution in [-0.4, -0.2) is 4.98 Å². The maximum Gasteiger partial charge on any atom is 0.0484 e. The Balaban J connectivity index is 2.12. The van der Waals surface area contributed by atoms with E-state index >= 15 is 0 Å². The predicted molar refractivity (Wildman–Crippen MR) is 77.0 cm³/mol. The summed E-state index contributed by atoms with van der Waals surface area (Å²) in [6.07, 6.45) is 8.35. The zero-order valence-corrected chi connectivity index (χ0v) is 11.1. The summed E-state index contributed by atoms with van der Waals surface area (Å²) in [4.78, 5) is 3.27. The average Bonchev–Trinajstić information content (AvgIpc) is 2.35. The zero-order valence-electron chi connectivity index (χ0n) is 10.3. The quantitative estimate of drug-likeness (QED) is 0.577. The number of nitrogens with one attached hydrogen (secondary N) is 1. The number of hydrogen-bond acceptors (Lipinski definition) is 1. The van der Waals surface area contributed by atoms with Crippen molar-refractivity contribution in [1.29, 1.82) is 0 Å². The smallest absolute Gasteiger partial charge is 0.0484 e. The van der Waals surface area contributed by atoms with Crippen LogP contribution in [-0.2, 0) is 6.42 Å². The molecule has 0 bridgehead atoms. The third-order valence-corrected chi connectivity index (χ3v) is 3.50. The van der Waals surface area contributed by atoms with Gasteiger partial charge in [-0.05, 0) is 30.5 Å². The maximum absolute atomic E-state index is 5.30. The van der Waals surface area contributed by atoms with Crippen LogP contribution >= 0.6 is 12.2 Å². The van der Waals surface area contributed by atoms with Gasteiger partial charge in [-0.15, -0.1) is 0 Å². The molecule has 0 saturated carbocycles. The Kier molecular flexibility index (Phi) is 4.32. The van der Waals surface area contributed by atoms with Crippen LogP contribution in [0.1, 0.15) is 38.2 Å². The SMILES string of the molecule is CCCCCCc1ccc2c(=S)cc[nH]c2c1. The maximum atomic E-state index is 5.30. The van der Waals surface area contributed by atoms with E-state index < -0.39 is 0 Å². The molecule has 1 heterocycles. The van der Waals surface area contributed by atoms with Crippen LogP contribution in [0.2, 0.25) is 0 Å². The second-order valence-electron chi connectivity index (χ2n) is 4.53. The first-order valence-corrected chi connectivity index (χ1v) is 6.82. The van der Waals surface area contributed by atoms with Crippen molar-refractivity contribution in [3.8, 4) is 0 Å². The Morgan fingerprint density at radius 1 is 1.12 bits per heavy atom. The summed E-state index contributed by atoms with van der Waals surface area (Å²) in [6.45, 7) is 2.25. The Labute approximate surface area is 108 Å². The van der Waals surface area contributed by atoms with Gasteiger partial charge in [-0.3, -0.25) is 0 Å². The molecule has 0 aliphatic carbocycles. The second kappa shape index (κ2) is 5.97. The first-order valence-electron chi connectivity index (χ1n) is 6.41. The van der Waals surface area contributed by atoms with Crippen LogP contribution in [0.15, 0.2) is 30.5 Å². The third-order valence-electron chi connectivity index (χ3n) is 3.14. The molecule has 0 aliphatic heterocycles. The number of H-pyrrole nitrogens is 1. The van der Waals surface area contributed by atoms with E-state index in [0.29, 0.717) is 0 Å². The highest BCUT2D eigenvalue weighted by atomic mass is 32.1. The van der Waals surface area contributed by atoms with Crippen molar-refractivity contribution in [3.05, 3.63) is 40.5 Å². The number of aryl methyl sites for hydroxylation is 1. The van der Waals surface area contributed by atoms with Gasteiger partial charge in [-0.1, -0.05) is 50.5 Å². The molecule has 1 N–H and O–H groups in total. The lowest BCUT2D eigenvalue weighted by Gasteiger charge is -2.04. The number of hydrogen-bond donors (Lipinski definition) is 1. The number of aromatic amines is 1. The van der Waals surface area contributed by atoms with Crippen molar-refractivity contribution in [2.24, 2.45) is 0 Å². The predicted octanol–water partition coefficient (Wildman–Crippen LogP) is 5.02. The molecule has 0 spiro atoms. The zero-order chi connectivity index (χ0) is 12.1.